The zero-order valence-electron chi connectivity index (χ0n) is 9.78. The molecule has 0 bridgehead atoms. The molecule has 0 saturated carbocycles. The van der Waals surface area contributed by atoms with Gasteiger partial charge in [0.25, 0.3) is 0 Å². The van der Waals surface area contributed by atoms with Gasteiger partial charge in [-0.25, -0.2) is 4.98 Å². The normalized spacial score (nSPS) is 30.6. The first-order valence-corrected chi connectivity index (χ1v) is 7.03. The summed E-state index contributed by atoms with van der Waals surface area (Å²) in [5.41, 5.74) is 1.26. The zero-order valence-corrected chi connectivity index (χ0v) is 10.6. The summed E-state index contributed by atoms with van der Waals surface area (Å²) in [6, 6.07) is 0. The Hall–Kier alpha value is -0.450. The van der Waals surface area contributed by atoms with Crippen LogP contribution in [0.3, 0.4) is 0 Å². The summed E-state index contributed by atoms with van der Waals surface area (Å²) in [7, 11) is 0. The smallest absolute Gasteiger partial charge is 0.0897 e. The van der Waals surface area contributed by atoms with E-state index in [0.29, 0.717) is 0 Å². The van der Waals surface area contributed by atoms with Gasteiger partial charge in [0, 0.05) is 18.5 Å². The molecule has 2 unspecified atom stereocenters. The van der Waals surface area contributed by atoms with Crippen LogP contribution in [0.25, 0.3) is 0 Å². The van der Waals surface area contributed by atoms with Crippen molar-refractivity contribution < 1.29 is 0 Å². The molecule has 0 aromatic carbocycles. The lowest BCUT2D eigenvalue weighted by atomic mass is 9.89. The predicted molar refractivity (Wildman–Crippen MR) is 66.6 cm³/mol. The first-order chi connectivity index (χ1) is 7.81. The topological polar surface area (TPSA) is 28.2 Å². The number of fused-ring (bicyclic) bond motifs is 1. The number of thiazole rings is 1. The maximum atomic E-state index is 4.55. The summed E-state index contributed by atoms with van der Waals surface area (Å²) in [6.07, 6.45) is 1.36. The van der Waals surface area contributed by atoms with Crippen molar-refractivity contribution >= 4 is 11.3 Å². The molecular formula is C12H19N3S. The molecule has 2 aliphatic rings. The zero-order chi connectivity index (χ0) is 11.0. The number of likely N-dealkylation sites (tertiary alicyclic amines) is 1. The number of piperidine rings is 1. The molecule has 2 atom stereocenters. The van der Waals surface area contributed by atoms with E-state index in [1.807, 2.05) is 0 Å². The van der Waals surface area contributed by atoms with Gasteiger partial charge in [-0.3, -0.25) is 4.90 Å². The van der Waals surface area contributed by atoms with E-state index in [1.54, 1.807) is 11.3 Å². The van der Waals surface area contributed by atoms with Gasteiger partial charge in [0.05, 0.1) is 10.7 Å². The lowest BCUT2D eigenvalue weighted by Crippen LogP contribution is -2.39. The number of nitrogens with one attached hydrogen (secondary N) is 1. The van der Waals surface area contributed by atoms with Crippen molar-refractivity contribution in [2.24, 2.45) is 11.8 Å². The minimum absolute atomic E-state index is 0.883. The molecule has 3 nitrogen and oxygen atoms in total. The average molecular weight is 237 g/mol. The number of aromatic nitrogens is 1. The van der Waals surface area contributed by atoms with Gasteiger partial charge in [0.2, 0.25) is 0 Å². The van der Waals surface area contributed by atoms with Gasteiger partial charge < -0.3 is 5.32 Å². The van der Waals surface area contributed by atoms with Crippen LogP contribution >= 0.6 is 11.3 Å². The lowest BCUT2D eigenvalue weighted by molar-refractivity contribution is 0.141. The van der Waals surface area contributed by atoms with Gasteiger partial charge in [-0.05, 0) is 44.8 Å². The van der Waals surface area contributed by atoms with E-state index in [-0.39, 0.29) is 0 Å². The molecule has 1 N–H and O–H groups in total. The van der Waals surface area contributed by atoms with Gasteiger partial charge in [-0.1, -0.05) is 0 Å². The molecule has 2 fully saturated rings. The van der Waals surface area contributed by atoms with Crippen LogP contribution in [0.4, 0.5) is 0 Å². The highest BCUT2D eigenvalue weighted by Gasteiger charge is 2.32. The Bertz CT molecular complexity index is 363. The van der Waals surface area contributed by atoms with E-state index in [1.165, 1.54) is 43.3 Å². The Kier molecular flexibility index (Phi) is 2.96. The van der Waals surface area contributed by atoms with Crippen LogP contribution in [-0.2, 0) is 6.54 Å². The first kappa shape index (κ1) is 10.7. The van der Waals surface area contributed by atoms with Crippen LogP contribution in [0.1, 0.15) is 17.1 Å². The number of nitrogens with zero attached hydrogens (tertiary/aromatic N) is 2. The maximum absolute atomic E-state index is 4.55. The van der Waals surface area contributed by atoms with Crippen LogP contribution < -0.4 is 5.32 Å². The molecule has 1 aromatic heterocycles. The number of aryl methyl sites for hydroxylation is 1. The van der Waals surface area contributed by atoms with Crippen LogP contribution in [0.15, 0.2) is 5.38 Å². The standard InChI is InChI=1S/C12H19N3S/c1-9-14-12(8-16-9)7-15-3-2-10-4-13-5-11(10)6-15/h8,10-11,13H,2-7H2,1H3. The fourth-order valence-electron chi connectivity index (χ4n) is 2.96. The van der Waals surface area contributed by atoms with Gasteiger partial charge in [0.15, 0.2) is 0 Å². The van der Waals surface area contributed by atoms with Crippen LogP contribution in [0, 0.1) is 18.8 Å². The Morgan fingerprint density at radius 1 is 1.50 bits per heavy atom. The van der Waals surface area contributed by atoms with E-state index >= 15 is 0 Å². The Balaban J connectivity index is 1.60. The van der Waals surface area contributed by atoms with Crippen LogP contribution in [0.5, 0.6) is 0 Å². The Morgan fingerprint density at radius 3 is 3.19 bits per heavy atom. The molecule has 2 saturated heterocycles. The molecular weight excluding hydrogens is 218 g/mol. The molecule has 16 heavy (non-hydrogen) atoms. The predicted octanol–water partition coefficient (Wildman–Crippen LogP) is 1.49. The van der Waals surface area contributed by atoms with Gasteiger partial charge in [-0.15, -0.1) is 11.3 Å². The molecule has 0 radical (unpaired) electrons. The van der Waals surface area contributed by atoms with Gasteiger partial charge >= 0.3 is 0 Å². The second-order valence-electron chi connectivity index (χ2n) is 5.06. The second kappa shape index (κ2) is 4.43. The monoisotopic (exact) mass is 237 g/mol. The van der Waals surface area contributed by atoms with Crippen LogP contribution in [0.2, 0.25) is 0 Å². The van der Waals surface area contributed by atoms with Crippen molar-refractivity contribution in [1.82, 2.24) is 15.2 Å². The molecule has 4 heteroatoms. The third-order valence-corrected chi connectivity index (χ3v) is 4.66. The van der Waals surface area contributed by atoms with Crippen LogP contribution in [-0.4, -0.2) is 36.1 Å². The molecule has 0 amide bonds. The Labute approximate surface area is 101 Å². The van der Waals surface area contributed by atoms with Crippen molar-refractivity contribution in [2.45, 2.75) is 19.9 Å². The van der Waals surface area contributed by atoms with E-state index in [9.17, 15) is 0 Å². The van der Waals surface area contributed by atoms with E-state index in [2.05, 4.69) is 27.5 Å². The Morgan fingerprint density at radius 2 is 2.38 bits per heavy atom. The highest BCUT2D eigenvalue weighted by atomic mass is 32.1. The summed E-state index contributed by atoms with van der Waals surface area (Å²) >= 11 is 1.76. The van der Waals surface area contributed by atoms with Crippen molar-refractivity contribution in [3.05, 3.63) is 16.1 Å². The SMILES string of the molecule is Cc1nc(CN2CCC3CNCC3C2)cs1. The lowest BCUT2D eigenvalue weighted by Gasteiger charge is -2.33. The summed E-state index contributed by atoms with van der Waals surface area (Å²) in [5.74, 6) is 1.82. The van der Waals surface area contributed by atoms with Crippen molar-refractivity contribution in [1.29, 1.82) is 0 Å². The van der Waals surface area contributed by atoms with Crippen molar-refractivity contribution in [2.75, 3.05) is 26.2 Å². The highest BCUT2D eigenvalue weighted by molar-refractivity contribution is 7.09. The summed E-state index contributed by atoms with van der Waals surface area (Å²) in [6.45, 7) is 8.11. The maximum Gasteiger partial charge on any atom is 0.0897 e. The third kappa shape index (κ3) is 2.14. The highest BCUT2D eigenvalue weighted by Crippen LogP contribution is 2.27. The van der Waals surface area contributed by atoms with E-state index in [4.69, 9.17) is 0 Å². The second-order valence-corrected chi connectivity index (χ2v) is 6.12. The molecule has 3 rings (SSSR count). The van der Waals surface area contributed by atoms with Gasteiger partial charge in [-0.2, -0.15) is 0 Å². The fourth-order valence-corrected chi connectivity index (χ4v) is 3.57. The van der Waals surface area contributed by atoms with Crippen molar-refractivity contribution in [3.63, 3.8) is 0 Å². The minimum Gasteiger partial charge on any atom is -0.316 e. The first-order valence-electron chi connectivity index (χ1n) is 6.15. The third-order valence-electron chi connectivity index (χ3n) is 3.84. The molecule has 2 aliphatic heterocycles. The minimum atomic E-state index is 0.883. The quantitative estimate of drug-likeness (QED) is 0.845. The van der Waals surface area contributed by atoms with Crippen molar-refractivity contribution in [3.8, 4) is 0 Å². The van der Waals surface area contributed by atoms with E-state index in [0.717, 1.165) is 18.4 Å². The fraction of sp³-hybridized carbons (Fsp3) is 0.750. The molecule has 0 aliphatic carbocycles. The summed E-state index contributed by atoms with van der Waals surface area (Å²) < 4.78 is 0. The van der Waals surface area contributed by atoms with E-state index < -0.39 is 0 Å². The molecule has 1 aromatic rings. The summed E-state index contributed by atoms with van der Waals surface area (Å²) in [5, 5.41) is 6.90. The summed E-state index contributed by atoms with van der Waals surface area (Å²) in [4.78, 5) is 7.12. The molecule has 88 valence electrons. The number of rotatable bonds is 2. The molecule has 0 spiro atoms. The average Bonchev–Trinajstić information content (AvgIpc) is 2.87. The largest absolute Gasteiger partial charge is 0.316 e. The number of hydrogen-bond acceptors (Lipinski definition) is 4. The number of hydrogen-bond donors (Lipinski definition) is 1. The molecule has 3 heterocycles. The van der Waals surface area contributed by atoms with Gasteiger partial charge in [0.1, 0.15) is 0 Å².